The van der Waals surface area contributed by atoms with Crippen molar-refractivity contribution in [3.05, 3.63) is 74.6 Å². The smallest absolute Gasteiger partial charge is 0.105 e. The highest BCUT2D eigenvalue weighted by Gasteiger charge is 2.25. The van der Waals surface area contributed by atoms with E-state index in [0.29, 0.717) is 5.92 Å². The molecule has 1 saturated heterocycles. The van der Waals surface area contributed by atoms with E-state index in [4.69, 9.17) is 16.6 Å². The molecular formula is C22H23ClN2S2. The Hall–Kier alpha value is -1.49. The van der Waals surface area contributed by atoms with Gasteiger partial charge in [-0.3, -0.25) is 0 Å². The lowest BCUT2D eigenvalue weighted by molar-refractivity contribution is 0.710. The van der Waals surface area contributed by atoms with E-state index in [2.05, 4.69) is 44.2 Å². The van der Waals surface area contributed by atoms with Gasteiger partial charge in [0.05, 0.1) is 5.69 Å². The molecule has 5 heteroatoms. The molecule has 2 aromatic rings. The van der Waals surface area contributed by atoms with Gasteiger partial charge in [0.15, 0.2) is 0 Å². The minimum atomic E-state index is 0.416. The molecule has 1 fully saturated rings. The van der Waals surface area contributed by atoms with Crippen LogP contribution < -0.4 is 0 Å². The van der Waals surface area contributed by atoms with Gasteiger partial charge in [-0.1, -0.05) is 47.6 Å². The molecule has 1 aromatic heterocycles. The Bertz CT molecular complexity index is 910. The van der Waals surface area contributed by atoms with Crippen molar-refractivity contribution in [3.8, 4) is 0 Å². The van der Waals surface area contributed by atoms with Crippen LogP contribution in [0, 0.1) is 12.8 Å². The number of rotatable bonds is 3. The molecule has 1 unspecified atom stereocenters. The molecule has 0 aliphatic carbocycles. The topological polar surface area (TPSA) is 25.2 Å². The van der Waals surface area contributed by atoms with Crippen molar-refractivity contribution in [3.63, 3.8) is 0 Å². The SMILES string of the molecule is CC(C)=C1CC(C)C(=C\Sc2cc(C)ccn2)/C(=N/c2ccc(Cl)cc2)S1. The number of benzene rings is 1. The number of hydrogen-bond acceptors (Lipinski definition) is 4. The second-order valence-electron chi connectivity index (χ2n) is 6.89. The largest absolute Gasteiger partial charge is 0.250 e. The van der Waals surface area contributed by atoms with E-state index in [1.54, 1.807) is 23.5 Å². The van der Waals surface area contributed by atoms with E-state index in [1.165, 1.54) is 21.6 Å². The Labute approximate surface area is 175 Å². The minimum absolute atomic E-state index is 0.416. The summed E-state index contributed by atoms with van der Waals surface area (Å²) in [5, 5.41) is 5.02. The van der Waals surface area contributed by atoms with Crippen LogP contribution in [-0.2, 0) is 0 Å². The summed E-state index contributed by atoms with van der Waals surface area (Å²) < 4.78 is 0. The van der Waals surface area contributed by atoms with Crippen LogP contribution in [-0.4, -0.2) is 10.0 Å². The number of pyridine rings is 1. The standard InChI is InChI=1S/C22H23ClN2S2/c1-14(2)20-12-16(4)19(13-26-21-11-15(3)9-10-24-21)22(27-20)25-18-7-5-17(23)6-8-18/h5-11,13,16H,12H2,1-4H3/b19-13+,25-22-. The summed E-state index contributed by atoms with van der Waals surface area (Å²) in [6, 6.07) is 11.8. The first-order valence-electron chi connectivity index (χ1n) is 8.90. The maximum atomic E-state index is 6.02. The highest BCUT2D eigenvalue weighted by atomic mass is 35.5. The van der Waals surface area contributed by atoms with Crippen molar-refractivity contribution in [2.24, 2.45) is 10.9 Å². The summed E-state index contributed by atoms with van der Waals surface area (Å²) in [5.41, 5.74) is 4.78. The normalized spacial score (nSPS) is 20.3. The zero-order chi connectivity index (χ0) is 19.4. The van der Waals surface area contributed by atoms with Crippen molar-refractivity contribution >= 4 is 45.9 Å². The molecule has 0 bridgehead atoms. The number of hydrogen-bond donors (Lipinski definition) is 0. The van der Waals surface area contributed by atoms with Gasteiger partial charge in [-0.15, -0.1) is 0 Å². The summed E-state index contributed by atoms with van der Waals surface area (Å²) in [7, 11) is 0. The first-order chi connectivity index (χ1) is 12.9. The maximum absolute atomic E-state index is 6.02. The van der Waals surface area contributed by atoms with Crippen LogP contribution >= 0.6 is 35.1 Å². The van der Waals surface area contributed by atoms with Gasteiger partial charge in [-0.05, 0) is 91.0 Å². The Morgan fingerprint density at radius 1 is 1.26 bits per heavy atom. The summed E-state index contributed by atoms with van der Waals surface area (Å²) in [4.78, 5) is 10.8. The Morgan fingerprint density at radius 2 is 2.00 bits per heavy atom. The van der Waals surface area contributed by atoms with Gasteiger partial charge in [0.25, 0.3) is 0 Å². The summed E-state index contributed by atoms with van der Waals surface area (Å²) in [5.74, 6) is 0.416. The molecule has 1 aromatic carbocycles. The zero-order valence-electron chi connectivity index (χ0n) is 16.0. The molecule has 1 aliphatic heterocycles. The summed E-state index contributed by atoms with van der Waals surface area (Å²) in [6.45, 7) is 8.72. The van der Waals surface area contributed by atoms with Gasteiger partial charge >= 0.3 is 0 Å². The summed E-state index contributed by atoms with van der Waals surface area (Å²) in [6.07, 6.45) is 2.92. The van der Waals surface area contributed by atoms with E-state index >= 15 is 0 Å². The monoisotopic (exact) mass is 414 g/mol. The maximum Gasteiger partial charge on any atom is 0.105 e. The van der Waals surface area contributed by atoms with Gasteiger partial charge in [0.2, 0.25) is 0 Å². The highest BCUT2D eigenvalue weighted by Crippen LogP contribution is 2.42. The average Bonchev–Trinajstić information content (AvgIpc) is 2.62. The van der Waals surface area contributed by atoms with Crippen molar-refractivity contribution < 1.29 is 0 Å². The van der Waals surface area contributed by atoms with Gasteiger partial charge in [-0.25, -0.2) is 9.98 Å². The van der Waals surface area contributed by atoms with Crippen molar-refractivity contribution in [2.75, 3.05) is 0 Å². The van der Waals surface area contributed by atoms with Crippen molar-refractivity contribution in [1.82, 2.24) is 4.98 Å². The first-order valence-corrected chi connectivity index (χ1v) is 11.0. The third kappa shape index (κ3) is 5.50. The first kappa shape index (κ1) is 20.2. The van der Waals surface area contributed by atoms with Gasteiger partial charge in [-0.2, -0.15) is 0 Å². The van der Waals surface area contributed by atoms with Crippen molar-refractivity contribution in [1.29, 1.82) is 0 Å². The van der Waals surface area contributed by atoms with Crippen molar-refractivity contribution in [2.45, 2.75) is 39.1 Å². The van der Waals surface area contributed by atoms with Crippen LogP contribution in [0.2, 0.25) is 5.02 Å². The van der Waals surface area contributed by atoms with E-state index in [9.17, 15) is 0 Å². The quantitative estimate of drug-likeness (QED) is 0.478. The van der Waals surface area contributed by atoms with E-state index in [1.807, 2.05) is 36.5 Å². The van der Waals surface area contributed by atoms with Gasteiger partial charge in [0.1, 0.15) is 10.1 Å². The third-order valence-electron chi connectivity index (χ3n) is 4.30. The average molecular weight is 415 g/mol. The van der Waals surface area contributed by atoms with Crippen LogP contribution in [0.1, 0.15) is 32.8 Å². The predicted molar refractivity (Wildman–Crippen MR) is 121 cm³/mol. The van der Waals surface area contributed by atoms with Crippen LogP contribution in [0.4, 0.5) is 5.69 Å². The lowest BCUT2D eigenvalue weighted by atomic mass is 9.97. The molecule has 2 nitrogen and oxygen atoms in total. The molecule has 0 saturated carbocycles. The second kappa shape index (κ2) is 9.13. The van der Waals surface area contributed by atoms with E-state index in [0.717, 1.165) is 27.2 Å². The number of nitrogens with zero attached hydrogens (tertiary/aromatic N) is 2. The molecule has 27 heavy (non-hydrogen) atoms. The fourth-order valence-electron chi connectivity index (χ4n) is 2.71. The Kier molecular flexibility index (Phi) is 6.85. The lowest BCUT2D eigenvalue weighted by Crippen LogP contribution is -2.15. The van der Waals surface area contributed by atoms with E-state index < -0.39 is 0 Å². The fraction of sp³-hybridized carbons (Fsp3) is 0.273. The molecule has 3 rings (SSSR count). The molecule has 0 spiro atoms. The van der Waals surface area contributed by atoms with Crippen LogP contribution in [0.5, 0.6) is 0 Å². The lowest BCUT2D eigenvalue weighted by Gasteiger charge is -2.26. The van der Waals surface area contributed by atoms with Crippen LogP contribution in [0.3, 0.4) is 0 Å². The van der Waals surface area contributed by atoms with Gasteiger partial charge in [0, 0.05) is 11.2 Å². The Morgan fingerprint density at radius 3 is 2.67 bits per heavy atom. The molecular weight excluding hydrogens is 392 g/mol. The number of thioether (sulfide) groups is 2. The number of aryl methyl sites for hydroxylation is 1. The molecule has 1 aliphatic rings. The van der Waals surface area contributed by atoms with Crippen LogP contribution in [0.15, 0.2) is 74.1 Å². The van der Waals surface area contributed by atoms with Crippen LogP contribution in [0.25, 0.3) is 0 Å². The number of halogens is 1. The second-order valence-corrected chi connectivity index (χ2v) is 9.30. The highest BCUT2D eigenvalue weighted by molar-refractivity contribution is 8.17. The predicted octanol–water partition coefficient (Wildman–Crippen LogP) is 7.82. The molecule has 0 amide bonds. The van der Waals surface area contributed by atoms with Gasteiger partial charge < -0.3 is 0 Å². The molecule has 2 heterocycles. The number of allylic oxidation sites excluding steroid dienone is 2. The number of aliphatic imine (C=N–C) groups is 1. The number of aromatic nitrogens is 1. The Balaban J connectivity index is 1.96. The van der Waals surface area contributed by atoms with E-state index in [-0.39, 0.29) is 0 Å². The minimum Gasteiger partial charge on any atom is -0.250 e. The molecule has 0 N–H and O–H groups in total. The fourth-order valence-corrected chi connectivity index (χ4v) is 5.17. The third-order valence-corrected chi connectivity index (χ3v) is 6.73. The molecule has 0 radical (unpaired) electrons. The summed E-state index contributed by atoms with van der Waals surface area (Å²) >= 11 is 9.47. The zero-order valence-corrected chi connectivity index (χ0v) is 18.4. The molecule has 140 valence electrons. The molecule has 1 atom stereocenters.